The van der Waals surface area contributed by atoms with E-state index >= 15 is 0 Å². The summed E-state index contributed by atoms with van der Waals surface area (Å²) < 4.78 is 0.0486. The maximum Gasteiger partial charge on any atom is 0.0463 e. The first-order valence-electron chi connectivity index (χ1n) is 2.17. The third kappa shape index (κ3) is 6.88. The molecular weight excluding hydrogens is 144 g/mol. The average Bonchev–Trinajstić information content (AvgIpc) is 1.27. The summed E-state index contributed by atoms with van der Waals surface area (Å²) in [6, 6.07) is 0. The van der Waals surface area contributed by atoms with Crippen molar-refractivity contribution in [1.29, 1.82) is 0 Å². The fourth-order valence-electron chi connectivity index (χ4n) is 0.305. The number of aliphatic hydroxyl groups is 1. The zero-order chi connectivity index (χ0) is 5.86. The molecule has 1 N–H and O–H groups in total. The largest absolute Gasteiger partial charge is 0.398 e. The van der Waals surface area contributed by atoms with Crippen molar-refractivity contribution in [2.45, 2.75) is 16.7 Å². The first-order valence-corrected chi connectivity index (χ1v) is 4.36. The van der Waals surface area contributed by atoms with E-state index in [0.29, 0.717) is 6.42 Å². The molecule has 7 heavy (non-hydrogen) atoms. The minimum Gasteiger partial charge on any atom is -0.398 e. The number of thiol groups is 2. The summed E-state index contributed by atoms with van der Waals surface area (Å²) in [5, 5.41) is 8.69. The Morgan fingerprint density at radius 3 is 2.00 bits per heavy atom. The van der Waals surface area contributed by atoms with Gasteiger partial charge in [0.25, 0.3) is 0 Å². The van der Waals surface area contributed by atoms with Crippen molar-refractivity contribution in [2.24, 2.45) is 0 Å². The van der Waals surface area contributed by atoms with Crippen LogP contribution in [0.1, 0.15) is 6.42 Å². The molecule has 0 radical (unpaired) electrons. The Morgan fingerprint density at radius 2 is 2.00 bits per heavy atom. The molecule has 0 amide bonds. The third-order valence-electron chi connectivity index (χ3n) is 0.552. The Hall–Kier alpha value is 0.877. The van der Waals surface area contributed by atoms with Crippen molar-refractivity contribution in [2.75, 3.05) is 0 Å². The minimum atomic E-state index is -0.139. The summed E-state index contributed by atoms with van der Waals surface area (Å²) >= 11 is 7.93. The Labute approximate surface area is 57.7 Å². The first kappa shape index (κ1) is 7.88. The van der Waals surface area contributed by atoms with Crippen LogP contribution in [-0.2, 0) is 0 Å². The van der Waals surface area contributed by atoms with E-state index in [1.165, 1.54) is 0 Å². The molecule has 1 unspecified atom stereocenters. The van der Waals surface area contributed by atoms with Gasteiger partial charge in [0.1, 0.15) is 0 Å². The van der Waals surface area contributed by atoms with Gasteiger partial charge < -0.3 is 5.11 Å². The zero-order valence-electron chi connectivity index (χ0n) is 4.20. The molecule has 0 aliphatic carbocycles. The number of rotatable bonds is 2. The van der Waals surface area contributed by atoms with Crippen LogP contribution in [0.3, 0.4) is 0 Å². The SMILES string of the molecule is OC([SiH3])CC(S)S. The highest BCUT2D eigenvalue weighted by atomic mass is 32.2. The van der Waals surface area contributed by atoms with Crippen LogP contribution < -0.4 is 0 Å². The van der Waals surface area contributed by atoms with Crippen LogP contribution in [0, 0.1) is 0 Å². The molecule has 0 aromatic rings. The van der Waals surface area contributed by atoms with Gasteiger partial charge >= 0.3 is 0 Å². The predicted molar refractivity (Wildman–Crippen MR) is 42.3 cm³/mol. The van der Waals surface area contributed by atoms with Crippen LogP contribution in [0.4, 0.5) is 0 Å². The molecular formula is C3H10OS2Si. The van der Waals surface area contributed by atoms with Crippen molar-refractivity contribution >= 4 is 35.5 Å². The zero-order valence-corrected chi connectivity index (χ0v) is 7.99. The summed E-state index contributed by atoms with van der Waals surface area (Å²) in [6.07, 6.45) is 0.707. The van der Waals surface area contributed by atoms with Crippen molar-refractivity contribution in [1.82, 2.24) is 0 Å². The number of hydrogen-bond acceptors (Lipinski definition) is 3. The van der Waals surface area contributed by atoms with E-state index < -0.39 is 0 Å². The molecule has 0 saturated heterocycles. The Balaban J connectivity index is 2.95. The van der Waals surface area contributed by atoms with Crippen LogP contribution in [0.5, 0.6) is 0 Å². The summed E-state index contributed by atoms with van der Waals surface area (Å²) in [5.74, 6) is 0. The number of aliphatic hydroxyl groups excluding tert-OH is 1. The second-order valence-electron chi connectivity index (χ2n) is 1.57. The summed E-state index contributed by atoms with van der Waals surface area (Å²) in [7, 11) is 0.825. The van der Waals surface area contributed by atoms with Gasteiger partial charge in [-0.15, -0.1) is 0 Å². The molecule has 0 aliphatic heterocycles. The average molecular weight is 154 g/mol. The molecule has 0 bridgehead atoms. The van der Waals surface area contributed by atoms with E-state index in [1.54, 1.807) is 0 Å². The molecule has 0 heterocycles. The maximum absolute atomic E-state index is 8.69. The predicted octanol–water partition coefficient (Wildman–Crippen LogP) is -0.754. The quantitative estimate of drug-likeness (QED) is 0.271. The molecule has 0 fully saturated rings. The second kappa shape index (κ2) is 3.83. The molecule has 0 aliphatic rings. The van der Waals surface area contributed by atoms with Crippen LogP contribution in [0.15, 0.2) is 0 Å². The van der Waals surface area contributed by atoms with Gasteiger partial charge in [-0.3, -0.25) is 0 Å². The second-order valence-corrected chi connectivity index (χ2v) is 4.55. The highest BCUT2D eigenvalue weighted by Gasteiger charge is 1.98. The van der Waals surface area contributed by atoms with Crippen LogP contribution in [-0.4, -0.2) is 25.7 Å². The smallest absolute Gasteiger partial charge is 0.0463 e. The molecule has 0 rings (SSSR count). The van der Waals surface area contributed by atoms with Gasteiger partial charge in [-0.05, 0) is 6.42 Å². The Bertz CT molecular complexity index is 42.2. The lowest BCUT2D eigenvalue weighted by atomic mass is 10.5. The van der Waals surface area contributed by atoms with Gasteiger partial charge in [0.2, 0.25) is 0 Å². The van der Waals surface area contributed by atoms with Gasteiger partial charge in [0.15, 0.2) is 0 Å². The highest BCUT2D eigenvalue weighted by Crippen LogP contribution is 2.05. The van der Waals surface area contributed by atoms with E-state index in [4.69, 9.17) is 5.11 Å². The molecule has 0 aromatic carbocycles. The van der Waals surface area contributed by atoms with E-state index in [9.17, 15) is 0 Å². The molecule has 0 spiro atoms. The fraction of sp³-hybridized carbons (Fsp3) is 1.00. The van der Waals surface area contributed by atoms with Crippen molar-refractivity contribution < 1.29 is 5.11 Å². The van der Waals surface area contributed by atoms with Crippen molar-refractivity contribution in [3.8, 4) is 0 Å². The standard InChI is InChI=1S/C3H10OS2Si/c4-2(7)1-3(5)6/h2-6H,1H2,7H3. The minimum absolute atomic E-state index is 0.0486. The summed E-state index contributed by atoms with van der Waals surface area (Å²) in [5.41, 5.74) is -0.139. The topological polar surface area (TPSA) is 20.2 Å². The third-order valence-corrected chi connectivity index (χ3v) is 1.44. The Morgan fingerprint density at radius 1 is 1.57 bits per heavy atom. The van der Waals surface area contributed by atoms with Crippen molar-refractivity contribution in [3.63, 3.8) is 0 Å². The van der Waals surface area contributed by atoms with E-state index in [-0.39, 0.29) is 10.3 Å². The lowest BCUT2D eigenvalue weighted by Gasteiger charge is -2.03. The molecule has 0 saturated carbocycles. The van der Waals surface area contributed by atoms with Crippen LogP contribution >= 0.6 is 25.3 Å². The van der Waals surface area contributed by atoms with Gasteiger partial charge in [0.05, 0.1) is 0 Å². The summed E-state index contributed by atoms with van der Waals surface area (Å²) in [6.45, 7) is 0. The molecule has 1 nitrogen and oxygen atoms in total. The normalized spacial score (nSPS) is 15.4. The van der Waals surface area contributed by atoms with E-state index in [0.717, 1.165) is 10.2 Å². The monoisotopic (exact) mass is 154 g/mol. The van der Waals surface area contributed by atoms with E-state index in [2.05, 4.69) is 25.3 Å². The van der Waals surface area contributed by atoms with E-state index in [1.807, 2.05) is 0 Å². The number of hydrogen-bond donors (Lipinski definition) is 3. The molecule has 44 valence electrons. The Kier molecular flexibility index (Phi) is 4.31. The van der Waals surface area contributed by atoms with Gasteiger partial charge in [0, 0.05) is 20.6 Å². The van der Waals surface area contributed by atoms with Crippen molar-refractivity contribution in [3.05, 3.63) is 0 Å². The molecule has 0 aromatic heterocycles. The van der Waals surface area contributed by atoms with Crippen LogP contribution in [0.25, 0.3) is 0 Å². The van der Waals surface area contributed by atoms with Crippen LogP contribution in [0.2, 0.25) is 0 Å². The lowest BCUT2D eigenvalue weighted by Crippen LogP contribution is -2.08. The maximum atomic E-state index is 8.69. The van der Waals surface area contributed by atoms with Gasteiger partial charge in [-0.2, -0.15) is 25.3 Å². The fourth-order valence-corrected chi connectivity index (χ4v) is 2.18. The first-order chi connectivity index (χ1) is 3.13. The van der Waals surface area contributed by atoms with Gasteiger partial charge in [-0.25, -0.2) is 0 Å². The molecule has 4 heteroatoms. The highest BCUT2D eigenvalue weighted by molar-refractivity contribution is 7.99. The lowest BCUT2D eigenvalue weighted by molar-refractivity contribution is 0.251. The summed E-state index contributed by atoms with van der Waals surface area (Å²) in [4.78, 5) is 0. The van der Waals surface area contributed by atoms with Gasteiger partial charge in [-0.1, -0.05) is 0 Å². The molecule has 1 atom stereocenters.